The van der Waals surface area contributed by atoms with Gasteiger partial charge in [-0.2, -0.15) is 0 Å². The lowest BCUT2D eigenvalue weighted by molar-refractivity contribution is -1.02. The second-order valence-corrected chi connectivity index (χ2v) is 8.64. The van der Waals surface area contributed by atoms with E-state index in [0.29, 0.717) is 13.1 Å². The molecule has 5 nitrogen and oxygen atoms in total. The Hall–Kier alpha value is -2.89. The Morgan fingerprint density at radius 1 is 0.871 bits per heavy atom. The minimum Gasteiger partial charge on any atom is -0.497 e. The third kappa shape index (κ3) is 5.63. The van der Waals surface area contributed by atoms with Crippen molar-refractivity contribution in [1.82, 2.24) is 4.90 Å². The average Bonchev–Trinajstić information content (AvgIpc) is 2.80. The number of carbonyl (C=O) groups excluding carboxylic acids is 1. The Bertz CT molecular complexity index is 1010. The molecule has 0 atom stereocenters. The minimum absolute atomic E-state index is 0.219. The zero-order valence-electron chi connectivity index (χ0n) is 18.6. The maximum Gasteiger partial charge on any atom is 0.277 e. The van der Waals surface area contributed by atoms with E-state index in [-0.39, 0.29) is 5.91 Å². The normalized spacial score (nSPS) is 18.6. The molecule has 31 heavy (non-hydrogen) atoms. The van der Waals surface area contributed by atoms with E-state index in [0.717, 1.165) is 49.4 Å². The Morgan fingerprint density at radius 2 is 1.55 bits per heavy atom. The molecular weight excluding hydrogens is 386 g/mol. The van der Waals surface area contributed by atoms with Crippen molar-refractivity contribution >= 4 is 16.7 Å². The molecule has 0 bridgehead atoms. The predicted octanol–water partition coefficient (Wildman–Crippen LogP) is 0.790. The van der Waals surface area contributed by atoms with Gasteiger partial charge in [-0.15, -0.1) is 0 Å². The lowest BCUT2D eigenvalue weighted by Gasteiger charge is -2.30. The summed E-state index contributed by atoms with van der Waals surface area (Å²) in [5.74, 6) is 1.08. The van der Waals surface area contributed by atoms with Gasteiger partial charge in [0, 0.05) is 19.2 Å². The number of quaternary nitrogens is 2. The molecule has 1 aliphatic rings. The van der Waals surface area contributed by atoms with Gasteiger partial charge in [0.1, 0.15) is 38.5 Å². The SMILES string of the molecule is COc1ccc2cc(CN(C)C(=O)C[NH+]3CC[NH+](Cc4ccccc4)CC3)ccc2c1. The van der Waals surface area contributed by atoms with Crippen molar-refractivity contribution in [2.75, 3.05) is 46.9 Å². The van der Waals surface area contributed by atoms with E-state index in [1.165, 1.54) is 15.8 Å². The predicted molar refractivity (Wildman–Crippen MR) is 123 cm³/mol. The van der Waals surface area contributed by atoms with Crippen molar-refractivity contribution in [2.45, 2.75) is 13.1 Å². The highest BCUT2D eigenvalue weighted by atomic mass is 16.5. The lowest BCUT2D eigenvalue weighted by atomic mass is 10.1. The lowest BCUT2D eigenvalue weighted by Crippen LogP contribution is -3.28. The summed E-state index contributed by atoms with van der Waals surface area (Å²) < 4.78 is 5.30. The van der Waals surface area contributed by atoms with Gasteiger partial charge in [0.15, 0.2) is 6.54 Å². The summed E-state index contributed by atoms with van der Waals surface area (Å²) in [7, 11) is 3.60. The van der Waals surface area contributed by atoms with Crippen molar-refractivity contribution in [2.24, 2.45) is 0 Å². The van der Waals surface area contributed by atoms with Crippen LogP contribution in [0.1, 0.15) is 11.1 Å². The summed E-state index contributed by atoms with van der Waals surface area (Å²) in [5.41, 5.74) is 2.55. The number of nitrogens with one attached hydrogen (secondary N) is 2. The van der Waals surface area contributed by atoms with E-state index in [1.54, 1.807) is 12.0 Å². The highest BCUT2D eigenvalue weighted by Gasteiger charge is 2.26. The van der Waals surface area contributed by atoms with Gasteiger partial charge in [-0.25, -0.2) is 0 Å². The third-order valence-corrected chi connectivity index (χ3v) is 6.32. The first-order valence-electron chi connectivity index (χ1n) is 11.1. The maximum absolute atomic E-state index is 12.8. The molecule has 3 aromatic carbocycles. The van der Waals surface area contributed by atoms with Gasteiger partial charge < -0.3 is 19.4 Å². The van der Waals surface area contributed by atoms with Crippen LogP contribution < -0.4 is 14.5 Å². The zero-order chi connectivity index (χ0) is 21.6. The summed E-state index contributed by atoms with van der Waals surface area (Å²) in [5, 5.41) is 2.32. The van der Waals surface area contributed by atoms with E-state index in [2.05, 4.69) is 54.6 Å². The fraction of sp³-hybridized carbons (Fsp3) is 0.346. The van der Waals surface area contributed by atoms with Crippen LogP contribution in [0.5, 0.6) is 5.75 Å². The number of ether oxygens (including phenoxy) is 1. The molecule has 1 heterocycles. The monoisotopic (exact) mass is 419 g/mol. The molecular formula is C26H33N3O2+2. The average molecular weight is 420 g/mol. The highest BCUT2D eigenvalue weighted by Crippen LogP contribution is 2.22. The fourth-order valence-electron chi connectivity index (χ4n) is 4.40. The second kappa shape index (κ2) is 9.94. The number of hydrogen-bond acceptors (Lipinski definition) is 2. The van der Waals surface area contributed by atoms with Crippen molar-refractivity contribution in [3.05, 3.63) is 77.9 Å². The smallest absolute Gasteiger partial charge is 0.277 e. The zero-order valence-corrected chi connectivity index (χ0v) is 18.6. The summed E-state index contributed by atoms with van der Waals surface area (Å²) in [4.78, 5) is 17.7. The van der Waals surface area contributed by atoms with Crippen molar-refractivity contribution in [3.8, 4) is 5.75 Å². The molecule has 1 saturated heterocycles. The largest absolute Gasteiger partial charge is 0.497 e. The number of nitrogens with zero attached hydrogens (tertiary/aromatic N) is 1. The number of benzene rings is 3. The van der Waals surface area contributed by atoms with E-state index in [9.17, 15) is 4.79 Å². The molecule has 0 unspecified atom stereocenters. The molecule has 0 saturated carbocycles. The molecule has 0 aromatic heterocycles. The van der Waals surface area contributed by atoms with Gasteiger partial charge in [-0.3, -0.25) is 4.79 Å². The van der Waals surface area contributed by atoms with Gasteiger partial charge in [0.2, 0.25) is 0 Å². The number of rotatable bonds is 7. The topological polar surface area (TPSA) is 38.4 Å². The Balaban J connectivity index is 1.26. The van der Waals surface area contributed by atoms with Gasteiger partial charge >= 0.3 is 0 Å². The Labute approximate surface area is 184 Å². The van der Waals surface area contributed by atoms with E-state index in [1.807, 2.05) is 24.1 Å². The molecule has 1 aliphatic heterocycles. The first kappa shape index (κ1) is 21.3. The van der Waals surface area contributed by atoms with E-state index < -0.39 is 0 Å². The van der Waals surface area contributed by atoms with Crippen molar-refractivity contribution in [1.29, 1.82) is 0 Å². The number of piperazine rings is 1. The van der Waals surface area contributed by atoms with Crippen molar-refractivity contribution < 1.29 is 19.3 Å². The maximum atomic E-state index is 12.8. The molecule has 1 amide bonds. The molecule has 2 N–H and O–H groups in total. The van der Waals surface area contributed by atoms with Gasteiger partial charge in [-0.1, -0.05) is 48.5 Å². The van der Waals surface area contributed by atoms with Crippen LogP contribution in [0.25, 0.3) is 10.8 Å². The quantitative estimate of drug-likeness (QED) is 0.594. The van der Waals surface area contributed by atoms with Crippen LogP contribution in [-0.4, -0.2) is 57.7 Å². The van der Waals surface area contributed by atoms with Crippen LogP contribution in [0.4, 0.5) is 0 Å². The molecule has 0 aliphatic carbocycles. The number of fused-ring (bicyclic) bond motifs is 1. The van der Waals surface area contributed by atoms with Gasteiger partial charge in [0.05, 0.1) is 7.11 Å². The van der Waals surface area contributed by atoms with Crippen LogP contribution in [-0.2, 0) is 17.9 Å². The Kier molecular flexibility index (Phi) is 6.85. The summed E-state index contributed by atoms with van der Waals surface area (Å²) in [6.45, 7) is 6.65. The molecule has 3 aromatic rings. The van der Waals surface area contributed by atoms with Gasteiger partial charge in [-0.05, 0) is 34.5 Å². The molecule has 5 heteroatoms. The minimum atomic E-state index is 0.219. The van der Waals surface area contributed by atoms with Gasteiger partial charge in [0.25, 0.3) is 5.91 Å². The molecule has 0 radical (unpaired) electrons. The number of methoxy groups -OCH3 is 1. The number of likely N-dealkylation sites (N-methyl/N-ethyl adjacent to an activating group) is 1. The third-order valence-electron chi connectivity index (χ3n) is 6.32. The summed E-state index contributed by atoms with van der Waals surface area (Å²) in [6.07, 6.45) is 0. The molecule has 162 valence electrons. The first-order valence-corrected chi connectivity index (χ1v) is 11.1. The standard InChI is InChI=1S/C26H31N3O2/c1-27(18-22-8-9-24-17-25(31-2)11-10-23(24)16-22)26(30)20-29-14-12-28(13-15-29)19-21-6-4-3-5-7-21/h3-11,16-17H,12-15,18-20H2,1-2H3/p+2. The molecule has 4 rings (SSSR count). The highest BCUT2D eigenvalue weighted by molar-refractivity contribution is 5.84. The van der Waals surface area contributed by atoms with Crippen LogP contribution in [0, 0.1) is 0 Å². The van der Waals surface area contributed by atoms with E-state index in [4.69, 9.17) is 4.74 Å². The van der Waals surface area contributed by atoms with Crippen LogP contribution in [0.2, 0.25) is 0 Å². The number of carbonyl (C=O) groups is 1. The first-order chi connectivity index (χ1) is 15.1. The molecule has 0 spiro atoms. The second-order valence-electron chi connectivity index (χ2n) is 8.64. The fourth-order valence-corrected chi connectivity index (χ4v) is 4.40. The molecule has 1 fully saturated rings. The number of amides is 1. The van der Waals surface area contributed by atoms with Crippen LogP contribution >= 0.6 is 0 Å². The van der Waals surface area contributed by atoms with Crippen LogP contribution in [0.3, 0.4) is 0 Å². The number of hydrogen-bond donors (Lipinski definition) is 2. The Morgan fingerprint density at radius 3 is 2.29 bits per heavy atom. The summed E-state index contributed by atoms with van der Waals surface area (Å²) >= 11 is 0. The van der Waals surface area contributed by atoms with Crippen molar-refractivity contribution in [3.63, 3.8) is 0 Å². The summed E-state index contributed by atoms with van der Waals surface area (Å²) in [6, 6.07) is 23.1. The van der Waals surface area contributed by atoms with E-state index >= 15 is 0 Å². The van der Waals surface area contributed by atoms with Crippen LogP contribution in [0.15, 0.2) is 66.7 Å².